The van der Waals surface area contributed by atoms with E-state index in [-0.39, 0.29) is 17.7 Å². The second-order valence-corrected chi connectivity index (χ2v) is 8.64. The van der Waals surface area contributed by atoms with E-state index in [0.29, 0.717) is 5.02 Å². The number of aromatic nitrogens is 1. The Morgan fingerprint density at radius 3 is 2.71 bits per heavy atom. The van der Waals surface area contributed by atoms with Gasteiger partial charge in [0.2, 0.25) is 0 Å². The van der Waals surface area contributed by atoms with Crippen molar-refractivity contribution in [3.05, 3.63) is 99.4 Å². The molecule has 0 aliphatic heterocycles. The SMILES string of the molecule is CCc1cc(C(Nc2cc(C)ccn2)c2ccccc2Cl)c(NC(=O)c2ccco2)s1. The maximum absolute atomic E-state index is 12.7. The molecule has 0 saturated heterocycles. The van der Waals surface area contributed by atoms with Gasteiger partial charge in [-0.3, -0.25) is 4.79 Å². The van der Waals surface area contributed by atoms with Crippen LogP contribution >= 0.6 is 22.9 Å². The number of carbonyl (C=O) groups excluding carboxylic acids is 1. The third-order valence-corrected chi connectivity index (χ3v) is 6.42. The summed E-state index contributed by atoms with van der Waals surface area (Å²) in [6, 6.07) is 16.8. The number of halogens is 1. The Labute approximate surface area is 190 Å². The largest absolute Gasteiger partial charge is 0.459 e. The van der Waals surface area contributed by atoms with Crippen molar-refractivity contribution in [2.75, 3.05) is 10.6 Å². The average Bonchev–Trinajstić information content (AvgIpc) is 3.43. The van der Waals surface area contributed by atoms with Crippen LogP contribution in [0.4, 0.5) is 10.8 Å². The first-order valence-corrected chi connectivity index (χ1v) is 11.2. The molecule has 7 heteroatoms. The van der Waals surface area contributed by atoms with Gasteiger partial charge in [-0.2, -0.15) is 0 Å². The zero-order chi connectivity index (χ0) is 21.8. The normalized spacial score (nSPS) is 11.8. The molecular weight excluding hydrogens is 430 g/mol. The number of hydrogen-bond donors (Lipinski definition) is 2. The first-order valence-electron chi connectivity index (χ1n) is 9.96. The van der Waals surface area contributed by atoms with Crippen LogP contribution in [0.2, 0.25) is 5.02 Å². The number of carbonyl (C=O) groups is 1. The number of pyridine rings is 1. The molecule has 1 aromatic carbocycles. The van der Waals surface area contributed by atoms with E-state index < -0.39 is 0 Å². The lowest BCUT2D eigenvalue weighted by Gasteiger charge is -2.22. The second kappa shape index (κ2) is 9.37. The predicted octanol–water partition coefficient (Wildman–Crippen LogP) is 6.71. The molecule has 2 N–H and O–H groups in total. The van der Waals surface area contributed by atoms with Gasteiger partial charge in [-0.15, -0.1) is 11.3 Å². The Morgan fingerprint density at radius 1 is 1.16 bits per heavy atom. The van der Waals surface area contributed by atoms with Gasteiger partial charge in [0.25, 0.3) is 5.91 Å². The average molecular weight is 452 g/mol. The summed E-state index contributed by atoms with van der Waals surface area (Å²) in [6.45, 7) is 4.11. The molecule has 3 aromatic heterocycles. The van der Waals surface area contributed by atoms with Crippen LogP contribution < -0.4 is 10.6 Å². The number of amides is 1. The van der Waals surface area contributed by atoms with Crippen LogP contribution in [-0.4, -0.2) is 10.9 Å². The highest BCUT2D eigenvalue weighted by Gasteiger charge is 2.24. The van der Waals surface area contributed by atoms with Crippen LogP contribution in [0.3, 0.4) is 0 Å². The number of anilines is 2. The van der Waals surface area contributed by atoms with E-state index in [9.17, 15) is 4.79 Å². The first kappa shape index (κ1) is 21.2. The van der Waals surface area contributed by atoms with Crippen molar-refractivity contribution in [1.29, 1.82) is 0 Å². The Bertz CT molecular complexity index is 1190. The molecule has 4 aromatic rings. The lowest BCUT2D eigenvalue weighted by atomic mass is 9.99. The number of hydrogen-bond acceptors (Lipinski definition) is 5. The molecule has 0 aliphatic carbocycles. The van der Waals surface area contributed by atoms with Crippen LogP contribution in [0.1, 0.15) is 45.1 Å². The number of nitrogens with one attached hydrogen (secondary N) is 2. The maximum atomic E-state index is 12.7. The highest BCUT2D eigenvalue weighted by molar-refractivity contribution is 7.16. The molecular formula is C24H22ClN3O2S. The van der Waals surface area contributed by atoms with Gasteiger partial charge in [-0.05, 0) is 60.9 Å². The number of nitrogens with zero attached hydrogens (tertiary/aromatic N) is 1. The number of thiophene rings is 1. The quantitative estimate of drug-likeness (QED) is 0.327. The summed E-state index contributed by atoms with van der Waals surface area (Å²) < 4.78 is 5.26. The number of aryl methyl sites for hydroxylation is 2. The van der Waals surface area contributed by atoms with E-state index in [4.69, 9.17) is 16.0 Å². The number of furan rings is 1. The molecule has 0 bridgehead atoms. The first-order chi connectivity index (χ1) is 15.0. The van der Waals surface area contributed by atoms with E-state index in [1.54, 1.807) is 29.7 Å². The van der Waals surface area contributed by atoms with Crippen molar-refractivity contribution in [3.8, 4) is 0 Å². The predicted molar refractivity (Wildman–Crippen MR) is 126 cm³/mol. The Morgan fingerprint density at radius 2 is 2.00 bits per heavy atom. The molecule has 5 nitrogen and oxygen atoms in total. The monoisotopic (exact) mass is 451 g/mol. The molecule has 1 amide bonds. The molecule has 0 saturated carbocycles. The van der Waals surface area contributed by atoms with Crippen LogP contribution in [0.15, 0.2) is 71.5 Å². The van der Waals surface area contributed by atoms with Gasteiger partial charge in [0.15, 0.2) is 5.76 Å². The minimum absolute atomic E-state index is 0.264. The number of benzene rings is 1. The van der Waals surface area contributed by atoms with Gasteiger partial charge in [-0.1, -0.05) is 36.7 Å². The van der Waals surface area contributed by atoms with Crippen LogP contribution in [0.5, 0.6) is 0 Å². The fraction of sp³-hybridized carbons (Fsp3) is 0.167. The van der Waals surface area contributed by atoms with Gasteiger partial charge in [0.1, 0.15) is 10.8 Å². The van der Waals surface area contributed by atoms with E-state index >= 15 is 0 Å². The lowest BCUT2D eigenvalue weighted by molar-refractivity contribution is 0.0997. The van der Waals surface area contributed by atoms with Crippen molar-refractivity contribution in [2.24, 2.45) is 0 Å². The van der Waals surface area contributed by atoms with Crippen molar-refractivity contribution >= 4 is 39.7 Å². The van der Waals surface area contributed by atoms with Crippen molar-refractivity contribution in [2.45, 2.75) is 26.3 Å². The molecule has 0 fully saturated rings. The maximum Gasteiger partial charge on any atom is 0.291 e. The molecule has 3 heterocycles. The smallest absolute Gasteiger partial charge is 0.291 e. The van der Waals surface area contributed by atoms with Gasteiger partial charge >= 0.3 is 0 Å². The topological polar surface area (TPSA) is 67.2 Å². The Hall–Kier alpha value is -3.09. The van der Waals surface area contributed by atoms with E-state index in [1.807, 2.05) is 43.3 Å². The van der Waals surface area contributed by atoms with E-state index in [0.717, 1.165) is 38.8 Å². The molecule has 158 valence electrons. The summed E-state index contributed by atoms with van der Waals surface area (Å²) in [5.74, 6) is 0.708. The zero-order valence-corrected chi connectivity index (χ0v) is 18.8. The summed E-state index contributed by atoms with van der Waals surface area (Å²) in [4.78, 5) is 18.3. The number of rotatable bonds is 7. The summed E-state index contributed by atoms with van der Waals surface area (Å²) >= 11 is 8.14. The highest BCUT2D eigenvalue weighted by atomic mass is 35.5. The fourth-order valence-corrected chi connectivity index (χ4v) is 4.59. The van der Waals surface area contributed by atoms with Gasteiger partial charge in [-0.25, -0.2) is 4.98 Å². The fourth-order valence-electron chi connectivity index (χ4n) is 3.31. The Balaban J connectivity index is 1.78. The van der Waals surface area contributed by atoms with Gasteiger partial charge < -0.3 is 15.1 Å². The second-order valence-electron chi connectivity index (χ2n) is 7.10. The van der Waals surface area contributed by atoms with E-state index in [1.165, 1.54) is 6.26 Å². The van der Waals surface area contributed by atoms with Gasteiger partial charge in [0.05, 0.1) is 12.3 Å². The van der Waals surface area contributed by atoms with Crippen LogP contribution in [0, 0.1) is 6.92 Å². The summed E-state index contributed by atoms with van der Waals surface area (Å²) in [7, 11) is 0. The standard InChI is InChI=1S/C24H22ClN3O2S/c1-3-16-14-18(24(31-16)28-23(29)20-9-6-12-30-20)22(17-7-4-5-8-19(17)25)27-21-13-15(2)10-11-26-21/h4-14,22H,3H2,1-2H3,(H,26,27)(H,28,29). The van der Waals surface area contributed by atoms with Crippen molar-refractivity contribution < 1.29 is 9.21 Å². The third kappa shape index (κ3) is 4.81. The van der Waals surface area contributed by atoms with Crippen molar-refractivity contribution in [1.82, 2.24) is 4.98 Å². The zero-order valence-electron chi connectivity index (χ0n) is 17.2. The molecule has 0 spiro atoms. The molecule has 1 unspecified atom stereocenters. The molecule has 0 aliphatic rings. The summed E-state index contributed by atoms with van der Waals surface area (Å²) in [5, 5.41) is 7.92. The highest BCUT2D eigenvalue weighted by Crippen LogP contribution is 2.40. The van der Waals surface area contributed by atoms with E-state index in [2.05, 4.69) is 28.6 Å². The summed E-state index contributed by atoms with van der Waals surface area (Å²) in [5.41, 5.74) is 2.93. The Kier molecular flexibility index (Phi) is 6.39. The minimum atomic E-state index is -0.300. The van der Waals surface area contributed by atoms with Crippen LogP contribution in [-0.2, 0) is 6.42 Å². The molecule has 0 radical (unpaired) electrons. The van der Waals surface area contributed by atoms with Crippen LogP contribution in [0.25, 0.3) is 0 Å². The molecule has 31 heavy (non-hydrogen) atoms. The molecule has 1 atom stereocenters. The van der Waals surface area contributed by atoms with Gasteiger partial charge in [0, 0.05) is 21.7 Å². The van der Waals surface area contributed by atoms with Crippen molar-refractivity contribution in [3.63, 3.8) is 0 Å². The molecule has 4 rings (SSSR count). The third-order valence-electron chi connectivity index (χ3n) is 4.87. The lowest BCUT2D eigenvalue weighted by Crippen LogP contribution is -2.17. The minimum Gasteiger partial charge on any atom is -0.459 e. The summed E-state index contributed by atoms with van der Waals surface area (Å²) in [6.07, 6.45) is 4.11.